The minimum atomic E-state index is -3.28. The van der Waals surface area contributed by atoms with Crippen molar-refractivity contribution in [1.29, 1.82) is 0 Å². The van der Waals surface area contributed by atoms with E-state index >= 15 is 0 Å². The van der Waals surface area contributed by atoms with Gasteiger partial charge in [0, 0.05) is 25.6 Å². The zero-order valence-corrected chi connectivity index (χ0v) is 12.9. The van der Waals surface area contributed by atoms with Crippen LogP contribution in [0.4, 0.5) is 4.79 Å². The molecule has 1 saturated heterocycles. The zero-order valence-electron chi connectivity index (χ0n) is 12.1. The molecule has 21 heavy (non-hydrogen) atoms. The molecule has 1 aromatic rings. The Kier molecular flexibility index (Phi) is 5.19. The van der Waals surface area contributed by atoms with Crippen LogP contribution in [0.1, 0.15) is 17.9 Å². The van der Waals surface area contributed by atoms with Crippen LogP contribution in [0.5, 0.6) is 0 Å². The monoisotopic (exact) mass is 311 g/mol. The third kappa shape index (κ3) is 4.44. The molecule has 0 saturated carbocycles. The summed E-state index contributed by atoms with van der Waals surface area (Å²) >= 11 is 0. The van der Waals surface area contributed by atoms with E-state index in [1.807, 2.05) is 18.2 Å². The van der Waals surface area contributed by atoms with Gasteiger partial charge in [0.2, 0.25) is 10.0 Å². The first-order chi connectivity index (χ1) is 10.0. The smallest absolute Gasteiger partial charge is 0.317 e. The molecule has 0 radical (unpaired) electrons. The molecule has 1 aliphatic heterocycles. The van der Waals surface area contributed by atoms with Crippen molar-refractivity contribution in [2.45, 2.75) is 12.3 Å². The fraction of sp³-hybridized carbons (Fsp3) is 0.500. The maximum absolute atomic E-state index is 12.0. The van der Waals surface area contributed by atoms with Gasteiger partial charge in [0.1, 0.15) is 0 Å². The molecule has 1 atom stereocenters. The minimum Gasteiger partial charge on any atom is -0.337 e. The van der Waals surface area contributed by atoms with Gasteiger partial charge in [-0.1, -0.05) is 30.3 Å². The Labute approximate surface area is 125 Å². The number of amides is 2. The van der Waals surface area contributed by atoms with Crippen LogP contribution in [0.2, 0.25) is 0 Å². The van der Waals surface area contributed by atoms with Gasteiger partial charge in [-0.15, -0.1) is 0 Å². The van der Waals surface area contributed by atoms with Crippen molar-refractivity contribution < 1.29 is 13.2 Å². The van der Waals surface area contributed by atoms with Gasteiger partial charge in [-0.2, -0.15) is 0 Å². The second kappa shape index (κ2) is 6.91. The van der Waals surface area contributed by atoms with Gasteiger partial charge < -0.3 is 10.2 Å². The number of rotatable bonds is 5. The van der Waals surface area contributed by atoms with Crippen LogP contribution < -0.4 is 10.0 Å². The number of nitrogens with one attached hydrogen (secondary N) is 2. The molecule has 2 N–H and O–H groups in total. The molecular formula is C14H21N3O3S. The highest BCUT2D eigenvalue weighted by Crippen LogP contribution is 2.26. The predicted molar refractivity (Wildman–Crippen MR) is 81.6 cm³/mol. The Morgan fingerprint density at radius 1 is 1.33 bits per heavy atom. The maximum Gasteiger partial charge on any atom is 0.317 e. The van der Waals surface area contributed by atoms with Crippen molar-refractivity contribution in [3.8, 4) is 0 Å². The number of carbonyl (C=O) groups is 1. The lowest BCUT2D eigenvalue weighted by molar-refractivity contribution is 0.209. The number of carbonyl (C=O) groups excluding carboxylic acids is 1. The van der Waals surface area contributed by atoms with Gasteiger partial charge in [0.05, 0.1) is 5.75 Å². The van der Waals surface area contributed by atoms with Gasteiger partial charge >= 0.3 is 6.03 Å². The Bertz CT molecular complexity index is 574. The first kappa shape index (κ1) is 15.8. The fourth-order valence-electron chi connectivity index (χ4n) is 2.45. The van der Waals surface area contributed by atoms with Gasteiger partial charge in [-0.3, -0.25) is 0 Å². The van der Waals surface area contributed by atoms with Crippen molar-refractivity contribution in [1.82, 2.24) is 14.9 Å². The zero-order chi connectivity index (χ0) is 15.3. The molecule has 116 valence electrons. The molecule has 7 heteroatoms. The second-order valence-electron chi connectivity index (χ2n) is 5.10. The summed E-state index contributed by atoms with van der Waals surface area (Å²) in [6, 6.07) is 9.93. The number of benzene rings is 1. The van der Waals surface area contributed by atoms with Crippen LogP contribution in [0.25, 0.3) is 0 Å². The highest BCUT2D eigenvalue weighted by molar-refractivity contribution is 7.89. The standard InChI is InChI=1S/C14H21N3O3S/c1-15-21(19,20)10-8-16-14(18)17-9-7-13(11-17)12-5-3-2-4-6-12/h2-6,13,15H,7-11H2,1H3,(H,16,18). The SMILES string of the molecule is CNS(=O)(=O)CCNC(=O)N1CCC(c2ccccc2)C1. The lowest BCUT2D eigenvalue weighted by Crippen LogP contribution is -2.41. The molecule has 2 amide bonds. The lowest BCUT2D eigenvalue weighted by Gasteiger charge is -2.17. The molecule has 1 fully saturated rings. The largest absolute Gasteiger partial charge is 0.337 e. The van der Waals surface area contributed by atoms with E-state index in [0.717, 1.165) is 6.42 Å². The molecule has 6 nitrogen and oxygen atoms in total. The van der Waals surface area contributed by atoms with Crippen LogP contribution in [0.15, 0.2) is 30.3 Å². The summed E-state index contributed by atoms with van der Waals surface area (Å²) in [5.41, 5.74) is 1.24. The van der Waals surface area contributed by atoms with Crippen LogP contribution in [0, 0.1) is 0 Å². The van der Waals surface area contributed by atoms with Gasteiger partial charge in [0.25, 0.3) is 0 Å². The predicted octanol–water partition coefficient (Wildman–Crippen LogP) is 0.735. The maximum atomic E-state index is 12.0. The molecule has 2 rings (SSSR count). The highest BCUT2D eigenvalue weighted by Gasteiger charge is 2.27. The van der Waals surface area contributed by atoms with Crippen LogP contribution in [-0.2, 0) is 10.0 Å². The molecule has 1 unspecified atom stereocenters. The van der Waals surface area contributed by atoms with E-state index in [1.165, 1.54) is 12.6 Å². The van der Waals surface area contributed by atoms with E-state index in [2.05, 4.69) is 22.2 Å². The van der Waals surface area contributed by atoms with Crippen LogP contribution in [-0.4, -0.2) is 51.8 Å². The Morgan fingerprint density at radius 2 is 2.05 bits per heavy atom. The number of sulfonamides is 1. The summed E-state index contributed by atoms with van der Waals surface area (Å²) in [5.74, 6) is 0.253. The van der Waals surface area contributed by atoms with Crippen LogP contribution in [0.3, 0.4) is 0 Å². The van der Waals surface area contributed by atoms with Gasteiger partial charge in [-0.25, -0.2) is 17.9 Å². The summed E-state index contributed by atoms with van der Waals surface area (Å²) in [5, 5.41) is 2.65. The fourth-order valence-corrected chi connectivity index (χ4v) is 3.02. The van der Waals surface area contributed by atoms with E-state index in [4.69, 9.17) is 0 Å². The Hall–Kier alpha value is -1.60. The van der Waals surface area contributed by atoms with E-state index in [9.17, 15) is 13.2 Å². The number of hydrogen-bond donors (Lipinski definition) is 2. The highest BCUT2D eigenvalue weighted by atomic mass is 32.2. The van der Waals surface area contributed by atoms with E-state index in [-0.39, 0.29) is 18.3 Å². The van der Waals surface area contributed by atoms with Crippen molar-refractivity contribution in [3.63, 3.8) is 0 Å². The van der Waals surface area contributed by atoms with Crippen LogP contribution >= 0.6 is 0 Å². The number of nitrogens with zero attached hydrogens (tertiary/aromatic N) is 1. The second-order valence-corrected chi connectivity index (χ2v) is 7.14. The van der Waals surface area contributed by atoms with Crippen molar-refractivity contribution in [3.05, 3.63) is 35.9 Å². The number of hydrogen-bond acceptors (Lipinski definition) is 3. The van der Waals surface area contributed by atoms with Crippen molar-refractivity contribution in [2.24, 2.45) is 0 Å². The number of likely N-dealkylation sites (tertiary alicyclic amines) is 1. The Balaban J connectivity index is 1.80. The first-order valence-corrected chi connectivity index (χ1v) is 8.66. The molecule has 0 aliphatic carbocycles. The quantitative estimate of drug-likeness (QED) is 0.841. The topological polar surface area (TPSA) is 78.5 Å². The normalized spacial score (nSPS) is 18.7. The molecule has 0 aromatic heterocycles. The molecule has 1 aliphatic rings. The third-order valence-corrected chi connectivity index (χ3v) is 5.07. The van der Waals surface area contributed by atoms with E-state index < -0.39 is 10.0 Å². The average molecular weight is 311 g/mol. The van der Waals surface area contributed by atoms with Gasteiger partial charge in [0.15, 0.2) is 0 Å². The summed E-state index contributed by atoms with van der Waals surface area (Å²) in [6.07, 6.45) is 0.937. The average Bonchev–Trinajstić information content (AvgIpc) is 2.98. The van der Waals surface area contributed by atoms with Gasteiger partial charge in [-0.05, 0) is 19.0 Å². The van der Waals surface area contributed by atoms with E-state index in [0.29, 0.717) is 19.0 Å². The lowest BCUT2D eigenvalue weighted by atomic mass is 9.99. The summed E-state index contributed by atoms with van der Waals surface area (Å²) in [7, 11) is -1.91. The summed E-state index contributed by atoms with van der Waals surface area (Å²) in [6.45, 7) is 1.49. The molecule has 0 spiro atoms. The van der Waals surface area contributed by atoms with E-state index in [1.54, 1.807) is 4.90 Å². The number of urea groups is 1. The van der Waals surface area contributed by atoms with Crippen molar-refractivity contribution in [2.75, 3.05) is 32.4 Å². The third-order valence-electron chi connectivity index (χ3n) is 3.70. The molecule has 1 aromatic carbocycles. The summed E-state index contributed by atoms with van der Waals surface area (Å²) in [4.78, 5) is 13.7. The summed E-state index contributed by atoms with van der Waals surface area (Å²) < 4.78 is 24.7. The first-order valence-electron chi connectivity index (χ1n) is 7.01. The molecule has 1 heterocycles. The minimum absolute atomic E-state index is 0.106. The Morgan fingerprint density at radius 3 is 2.71 bits per heavy atom. The van der Waals surface area contributed by atoms with Crippen molar-refractivity contribution >= 4 is 16.1 Å². The molecule has 0 bridgehead atoms. The molecular weight excluding hydrogens is 290 g/mol.